The number of rotatable bonds is 2. The summed E-state index contributed by atoms with van der Waals surface area (Å²) in [6.07, 6.45) is 7.24. The number of carbonyl (C=O) groups is 1. The number of aryl methyl sites for hydroxylation is 1. The summed E-state index contributed by atoms with van der Waals surface area (Å²) in [7, 11) is 0. The van der Waals surface area contributed by atoms with Crippen LogP contribution in [0.1, 0.15) is 44.1 Å². The number of nitrogens with one attached hydrogen (secondary N) is 1. The zero-order valence-electron chi connectivity index (χ0n) is 13.3. The van der Waals surface area contributed by atoms with E-state index in [0.717, 1.165) is 43.5 Å². The minimum absolute atomic E-state index is 0. The molecule has 2 bridgehead atoms. The van der Waals surface area contributed by atoms with Crippen molar-refractivity contribution in [2.24, 2.45) is 5.92 Å². The average Bonchev–Trinajstić information content (AvgIpc) is 2.85. The van der Waals surface area contributed by atoms with Gasteiger partial charge in [-0.1, -0.05) is 0 Å². The normalized spacial score (nSPS) is 28.9. The van der Waals surface area contributed by atoms with Crippen molar-refractivity contribution in [1.82, 2.24) is 5.32 Å². The maximum Gasteiger partial charge on any atom is 0.227 e. The van der Waals surface area contributed by atoms with Gasteiger partial charge in [0.25, 0.3) is 0 Å². The fourth-order valence-corrected chi connectivity index (χ4v) is 4.52. The van der Waals surface area contributed by atoms with Gasteiger partial charge in [0.05, 0.1) is 0 Å². The summed E-state index contributed by atoms with van der Waals surface area (Å²) in [6.45, 7) is 0.773. The molecule has 3 aliphatic heterocycles. The molecular formula is C18H24ClFN2O. The quantitative estimate of drug-likeness (QED) is 0.895. The second-order valence-electron chi connectivity index (χ2n) is 7.10. The zero-order chi connectivity index (χ0) is 15.1. The molecule has 126 valence electrons. The van der Waals surface area contributed by atoms with Crippen LogP contribution in [0.4, 0.5) is 10.1 Å². The first-order valence-corrected chi connectivity index (χ1v) is 8.54. The summed E-state index contributed by atoms with van der Waals surface area (Å²) in [4.78, 5) is 14.7. The average molecular weight is 339 g/mol. The van der Waals surface area contributed by atoms with Crippen molar-refractivity contribution in [3.63, 3.8) is 0 Å². The fourth-order valence-electron chi connectivity index (χ4n) is 4.52. The fraction of sp³-hybridized carbons (Fsp3) is 0.611. The first-order valence-electron chi connectivity index (χ1n) is 8.54. The number of anilines is 1. The number of benzene rings is 1. The van der Waals surface area contributed by atoms with E-state index in [0.29, 0.717) is 24.4 Å². The number of fused-ring (bicyclic) bond motifs is 3. The van der Waals surface area contributed by atoms with Crippen LogP contribution >= 0.6 is 12.4 Å². The number of hydrogen-bond donors (Lipinski definition) is 1. The van der Waals surface area contributed by atoms with E-state index in [9.17, 15) is 9.18 Å². The van der Waals surface area contributed by atoms with Crippen molar-refractivity contribution in [3.8, 4) is 0 Å². The minimum Gasteiger partial charge on any atom is -0.312 e. The molecule has 0 spiro atoms. The summed E-state index contributed by atoms with van der Waals surface area (Å²) < 4.78 is 13.4. The summed E-state index contributed by atoms with van der Waals surface area (Å²) in [6, 6.07) is 6.07. The molecule has 4 rings (SSSR count). The number of carbonyl (C=O) groups excluding carboxylic acids is 1. The van der Waals surface area contributed by atoms with Crippen molar-refractivity contribution < 1.29 is 9.18 Å². The van der Waals surface area contributed by atoms with E-state index in [1.54, 1.807) is 12.1 Å². The van der Waals surface area contributed by atoms with Gasteiger partial charge < -0.3 is 10.2 Å². The van der Waals surface area contributed by atoms with Crippen molar-refractivity contribution in [1.29, 1.82) is 0 Å². The van der Waals surface area contributed by atoms with Gasteiger partial charge in [-0.25, -0.2) is 4.39 Å². The molecule has 2 unspecified atom stereocenters. The van der Waals surface area contributed by atoms with E-state index in [4.69, 9.17) is 0 Å². The van der Waals surface area contributed by atoms with E-state index in [1.165, 1.54) is 18.9 Å². The molecule has 3 aliphatic rings. The van der Waals surface area contributed by atoms with Crippen LogP contribution in [0.3, 0.4) is 0 Å². The Kier molecular flexibility index (Phi) is 4.93. The van der Waals surface area contributed by atoms with Gasteiger partial charge in [0, 0.05) is 30.7 Å². The molecule has 3 heterocycles. The number of piperidine rings is 1. The summed E-state index contributed by atoms with van der Waals surface area (Å²) in [5.74, 6) is 0.527. The van der Waals surface area contributed by atoms with Crippen LogP contribution in [-0.2, 0) is 11.2 Å². The Labute approximate surface area is 143 Å². The molecule has 2 fully saturated rings. The summed E-state index contributed by atoms with van der Waals surface area (Å²) >= 11 is 0. The van der Waals surface area contributed by atoms with E-state index in [2.05, 4.69) is 5.32 Å². The van der Waals surface area contributed by atoms with Crippen LogP contribution in [-0.4, -0.2) is 24.5 Å². The molecule has 0 aliphatic carbocycles. The number of amides is 1. The Hall–Kier alpha value is -1.13. The highest BCUT2D eigenvalue weighted by Crippen LogP contribution is 2.34. The summed E-state index contributed by atoms with van der Waals surface area (Å²) in [5, 5.41) is 3.63. The molecule has 0 saturated carbocycles. The highest BCUT2D eigenvalue weighted by atomic mass is 35.5. The molecular weight excluding hydrogens is 315 g/mol. The van der Waals surface area contributed by atoms with Crippen LogP contribution in [0.25, 0.3) is 0 Å². The lowest BCUT2D eigenvalue weighted by Gasteiger charge is -2.33. The lowest BCUT2D eigenvalue weighted by atomic mass is 9.89. The van der Waals surface area contributed by atoms with E-state index < -0.39 is 0 Å². The molecule has 1 amide bonds. The van der Waals surface area contributed by atoms with Gasteiger partial charge in [-0.3, -0.25) is 4.79 Å². The number of nitrogens with zero attached hydrogens (tertiary/aromatic N) is 1. The lowest BCUT2D eigenvalue weighted by molar-refractivity contribution is -0.119. The molecule has 1 aromatic rings. The Morgan fingerprint density at radius 1 is 1.26 bits per heavy atom. The van der Waals surface area contributed by atoms with Crippen LogP contribution < -0.4 is 10.2 Å². The maximum atomic E-state index is 13.4. The summed E-state index contributed by atoms with van der Waals surface area (Å²) in [5.41, 5.74) is 1.90. The second kappa shape index (κ2) is 6.78. The highest BCUT2D eigenvalue weighted by molar-refractivity contribution is 5.94. The minimum atomic E-state index is -0.206. The molecule has 0 aromatic heterocycles. The van der Waals surface area contributed by atoms with Crippen molar-refractivity contribution in [2.75, 3.05) is 11.4 Å². The number of halogens is 2. The Morgan fingerprint density at radius 2 is 2.00 bits per heavy atom. The molecule has 2 atom stereocenters. The van der Waals surface area contributed by atoms with Crippen LogP contribution in [0.2, 0.25) is 0 Å². The van der Waals surface area contributed by atoms with Crippen molar-refractivity contribution in [2.45, 2.75) is 57.0 Å². The van der Waals surface area contributed by atoms with Crippen LogP contribution in [0.5, 0.6) is 0 Å². The van der Waals surface area contributed by atoms with E-state index in [-0.39, 0.29) is 24.1 Å². The molecule has 2 saturated heterocycles. The maximum absolute atomic E-state index is 13.4. The second-order valence-corrected chi connectivity index (χ2v) is 7.10. The zero-order valence-corrected chi connectivity index (χ0v) is 14.1. The predicted molar refractivity (Wildman–Crippen MR) is 91.6 cm³/mol. The Balaban J connectivity index is 0.00000156. The smallest absolute Gasteiger partial charge is 0.227 e. The van der Waals surface area contributed by atoms with Gasteiger partial charge in [-0.05, 0) is 68.2 Å². The van der Waals surface area contributed by atoms with Crippen molar-refractivity contribution >= 4 is 24.0 Å². The van der Waals surface area contributed by atoms with Crippen LogP contribution in [0.15, 0.2) is 18.2 Å². The third kappa shape index (κ3) is 3.38. The van der Waals surface area contributed by atoms with Gasteiger partial charge in [-0.15, -0.1) is 12.4 Å². The molecule has 5 heteroatoms. The third-order valence-electron chi connectivity index (χ3n) is 5.50. The van der Waals surface area contributed by atoms with Gasteiger partial charge in [-0.2, -0.15) is 0 Å². The first-order chi connectivity index (χ1) is 10.7. The molecule has 23 heavy (non-hydrogen) atoms. The highest BCUT2D eigenvalue weighted by Gasteiger charge is 2.35. The topological polar surface area (TPSA) is 32.3 Å². The molecule has 1 N–H and O–H groups in total. The van der Waals surface area contributed by atoms with Crippen LogP contribution in [0, 0.1) is 11.7 Å². The van der Waals surface area contributed by atoms with Gasteiger partial charge in [0.1, 0.15) is 5.82 Å². The SMILES string of the molecule is Cl.O=C(CC1CC2CCC(C1)N2)N1CCCc2cc(F)ccc21. The molecule has 3 nitrogen and oxygen atoms in total. The van der Waals surface area contributed by atoms with E-state index in [1.807, 2.05) is 4.90 Å². The van der Waals surface area contributed by atoms with Gasteiger partial charge in [0.15, 0.2) is 0 Å². The molecule has 0 radical (unpaired) electrons. The predicted octanol–water partition coefficient (Wildman–Crippen LogP) is 3.45. The third-order valence-corrected chi connectivity index (χ3v) is 5.50. The molecule has 1 aromatic carbocycles. The standard InChI is InChI=1S/C18H23FN2O.ClH/c19-14-3-6-17-13(11-14)2-1-7-21(17)18(22)10-12-8-15-4-5-16(9-12)20-15;/h3,6,11-12,15-16,20H,1-2,4-5,7-10H2;1H. The van der Waals surface area contributed by atoms with Gasteiger partial charge >= 0.3 is 0 Å². The van der Waals surface area contributed by atoms with Crippen molar-refractivity contribution in [3.05, 3.63) is 29.6 Å². The largest absolute Gasteiger partial charge is 0.312 e. The monoisotopic (exact) mass is 338 g/mol. The Bertz CT molecular complexity index is 582. The lowest BCUT2D eigenvalue weighted by Crippen LogP contribution is -2.41. The Morgan fingerprint density at radius 3 is 2.74 bits per heavy atom. The first kappa shape index (κ1) is 16.7. The van der Waals surface area contributed by atoms with E-state index >= 15 is 0 Å². The number of hydrogen-bond acceptors (Lipinski definition) is 2. The van der Waals surface area contributed by atoms with Gasteiger partial charge in [0.2, 0.25) is 5.91 Å².